The standard InChI is InChI=1S/2C16H21NO4/c2*1-15(2,3)21-14(20)17-11-9-7-6-8-10(11)16(4,5)12(17)13(18)19/h2*6-9,12H,1-5H3,(H,18,19). The van der Waals surface area contributed by atoms with E-state index in [1.807, 2.05) is 52.0 Å². The fourth-order valence-corrected chi connectivity index (χ4v) is 5.54. The minimum atomic E-state index is -1.04. The number of carbonyl (C=O) groups excluding carboxylic acids is 2. The van der Waals surface area contributed by atoms with E-state index in [0.717, 1.165) is 11.1 Å². The fraction of sp³-hybridized carbons (Fsp3) is 0.500. The predicted molar refractivity (Wildman–Crippen MR) is 159 cm³/mol. The van der Waals surface area contributed by atoms with Gasteiger partial charge in [-0.3, -0.25) is 9.80 Å². The van der Waals surface area contributed by atoms with Gasteiger partial charge in [0.05, 0.1) is 11.4 Å². The summed E-state index contributed by atoms with van der Waals surface area (Å²) in [6.45, 7) is 17.9. The van der Waals surface area contributed by atoms with Crippen LogP contribution in [0.3, 0.4) is 0 Å². The predicted octanol–water partition coefficient (Wildman–Crippen LogP) is 6.35. The van der Waals surface area contributed by atoms with E-state index < -0.39 is 58.2 Å². The van der Waals surface area contributed by atoms with Gasteiger partial charge >= 0.3 is 24.1 Å². The maximum absolute atomic E-state index is 12.5. The zero-order valence-electron chi connectivity index (χ0n) is 26.0. The van der Waals surface area contributed by atoms with E-state index in [1.54, 1.807) is 65.8 Å². The number of para-hydroxylation sites is 2. The highest BCUT2D eigenvalue weighted by Gasteiger charge is 2.53. The molecule has 2 N–H and O–H groups in total. The summed E-state index contributed by atoms with van der Waals surface area (Å²) in [6, 6.07) is 12.5. The molecule has 2 atom stereocenters. The number of carbonyl (C=O) groups is 4. The summed E-state index contributed by atoms with van der Waals surface area (Å²) < 4.78 is 10.8. The van der Waals surface area contributed by atoms with Crippen LogP contribution in [0, 0.1) is 0 Å². The first-order valence-electron chi connectivity index (χ1n) is 13.8. The van der Waals surface area contributed by atoms with Crippen LogP contribution in [-0.2, 0) is 29.9 Å². The molecule has 0 fully saturated rings. The van der Waals surface area contributed by atoms with Gasteiger partial charge < -0.3 is 19.7 Å². The smallest absolute Gasteiger partial charge is 0.415 e. The van der Waals surface area contributed by atoms with Crippen LogP contribution in [0.2, 0.25) is 0 Å². The molecule has 0 aromatic heterocycles. The first kappa shape index (κ1) is 32.4. The number of hydrogen-bond donors (Lipinski definition) is 2. The zero-order chi connectivity index (χ0) is 32.0. The molecule has 2 aromatic rings. The molecule has 2 amide bonds. The van der Waals surface area contributed by atoms with E-state index in [-0.39, 0.29) is 0 Å². The number of carboxylic acids is 2. The SMILES string of the molecule is CC(C)(C)OC(=O)N1c2ccccc2C(C)(C)C1C(=O)O.CC(C)(C)OC(=O)N1c2ccccc2C(C)(C)C1C(=O)O. The number of aliphatic carboxylic acids is 2. The van der Waals surface area contributed by atoms with Gasteiger partial charge in [-0.25, -0.2) is 19.2 Å². The van der Waals surface area contributed by atoms with Crippen LogP contribution >= 0.6 is 0 Å². The molecular formula is C32H42N2O8. The van der Waals surface area contributed by atoms with Crippen LogP contribution in [-0.4, -0.2) is 57.6 Å². The second-order valence-corrected chi connectivity index (χ2v) is 13.7. The highest BCUT2D eigenvalue weighted by molar-refractivity contribution is 6.01. The largest absolute Gasteiger partial charge is 0.480 e. The summed E-state index contributed by atoms with van der Waals surface area (Å²) in [5.41, 5.74) is 0.155. The molecule has 10 nitrogen and oxygen atoms in total. The van der Waals surface area contributed by atoms with Crippen molar-refractivity contribution < 1.29 is 38.9 Å². The third kappa shape index (κ3) is 6.22. The lowest BCUT2D eigenvalue weighted by molar-refractivity contribution is -0.140. The molecule has 10 heteroatoms. The van der Waals surface area contributed by atoms with Gasteiger partial charge in [0.1, 0.15) is 23.3 Å². The van der Waals surface area contributed by atoms with Gasteiger partial charge in [-0.05, 0) is 64.8 Å². The van der Waals surface area contributed by atoms with Gasteiger partial charge in [0.2, 0.25) is 0 Å². The molecule has 4 rings (SSSR count). The van der Waals surface area contributed by atoms with Crippen LogP contribution in [0.4, 0.5) is 21.0 Å². The van der Waals surface area contributed by atoms with Crippen molar-refractivity contribution in [3.8, 4) is 0 Å². The Balaban J connectivity index is 0.000000230. The number of fused-ring (bicyclic) bond motifs is 2. The molecule has 228 valence electrons. The third-order valence-corrected chi connectivity index (χ3v) is 7.25. The van der Waals surface area contributed by atoms with E-state index in [2.05, 4.69) is 0 Å². The first-order chi connectivity index (χ1) is 19.1. The molecule has 2 aliphatic heterocycles. The lowest BCUT2D eigenvalue weighted by Crippen LogP contribution is -2.51. The van der Waals surface area contributed by atoms with E-state index in [0.29, 0.717) is 11.4 Å². The van der Waals surface area contributed by atoms with Crippen molar-refractivity contribution in [2.45, 2.75) is 103 Å². The first-order valence-corrected chi connectivity index (χ1v) is 13.8. The van der Waals surface area contributed by atoms with Crippen molar-refractivity contribution in [1.82, 2.24) is 0 Å². The van der Waals surface area contributed by atoms with Crippen molar-refractivity contribution >= 4 is 35.5 Å². The molecule has 0 bridgehead atoms. The number of nitrogens with zero attached hydrogens (tertiary/aromatic N) is 2. The molecule has 42 heavy (non-hydrogen) atoms. The number of carboxylic acid groups (broad SMARTS) is 2. The van der Waals surface area contributed by atoms with Crippen LogP contribution < -0.4 is 9.80 Å². The van der Waals surface area contributed by atoms with Gasteiger partial charge in [-0.1, -0.05) is 64.1 Å². The lowest BCUT2D eigenvalue weighted by atomic mass is 9.80. The Labute approximate surface area is 247 Å². The summed E-state index contributed by atoms with van der Waals surface area (Å²) in [7, 11) is 0. The van der Waals surface area contributed by atoms with Gasteiger partial charge in [0.25, 0.3) is 0 Å². The lowest BCUT2D eigenvalue weighted by Gasteiger charge is -2.31. The molecule has 0 aliphatic carbocycles. The zero-order valence-corrected chi connectivity index (χ0v) is 26.0. The van der Waals surface area contributed by atoms with E-state index in [9.17, 15) is 29.4 Å². The number of ether oxygens (including phenoxy) is 2. The van der Waals surface area contributed by atoms with Gasteiger partial charge in [-0.15, -0.1) is 0 Å². The average molecular weight is 583 g/mol. The maximum Gasteiger partial charge on any atom is 0.415 e. The monoisotopic (exact) mass is 582 g/mol. The second kappa shape index (κ2) is 11.0. The second-order valence-electron chi connectivity index (χ2n) is 13.7. The van der Waals surface area contributed by atoms with Gasteiger partial charge in [-0.2, -0.15) is 0 Å². The molecule has 0 radical (unpaired) electrons. The highest BCUT2D eigenvalue weighted by atomic mass is 16.6. The summed E-state index contributed by atoms with van der Waals surface area (Å²) in [4.78, 5) is 50.9. The Morgan fingerprint density at radius 1 is 0.619 bits per heavy atom. The number of rotatable bonds is 2. The number of benzene rings is 2. The quantitative estimate of drug-likeness (QED) is 0.419. The van der Waals surface area contributed by atoms with E-state index in [1.165, 1.54) is 9.80 Å². The van der Waals surface area contributed by atoms with E-state index >= 15 is 0 Å². The molecule has 2 unspecified atom stereocenters. The normalized spacial score (nSPS) is 20.0. The molecular weight excluding hydrogens is 540 g/mol. The number of anilines is 2. The van der Waals surface area contributed by atoms with Crippen LogP contribution in [0.1, 0.15) is 80.4 Å². The van der Waals surface area contributed by atoms with Crippen molar-refractivity contribution in [2.24, 2.45) is 0 Å². The Kier molecular flexibility index (Phi) is 8.47. The van der Waals surface area contributed by atoms with Crippen molar-refractivity contribution in [1.29, 1.82) is 0 Å². The number of hydrogen-bond acceptors (Lipinski definition) is 6. The number of amides is 2. The summed E-state index contributed by atoms with van der Waals surface area (Å²) >= 11 is 0. The molecule has 2 aromatic carbocycles. The minimum Gasteiger partial charge on any atom is -0.480 e. The van der Waals surface area contributed by atoms with Crippen molar-refractivity contribution in [2.75, 3.05) is 9.80 Å². The van der Waals surface area contributed by atoms with Gasteiger partial charge in [0.15, 0.2) is 0 Å². The molecule has 0 saturated heterocycles. The van der Waals surface area contributed by atoms with Crippen LogP contribution in [0.5, 0.6) is 0 Å². The van der Waals surface area contributed by atoms with Crippen molar-refractivity contribution in [3.05, 3.63) is 59.7 Å². The van der Waals surface area contributed by atoms with E-state index in [4.69, 9.17) is 9.47 Å². The minimum absolute atomic E-state index is 0.601. The molecule has 2 heterocycles. The Bertz CT molecular complexity index is 1280. The third-order valence-electron chi connectivity index (χ3n) is 7.25. The summed E-state index contributed by atoms with van der Waals surface area (Å²) in [5, 5.41) is 19.2. The highest BCUT2D eigenvalue weighted by Crippen LogP contribution is 2.47. The average Bonchev–Trinajstić information content (AvgIpc) is 3.22. The molecule has 2 aliphatic rings. The summed E-state index contributed by atoms with van der Waals surface area (Å²) in [6.07, 6.45) is -1.26. The van der Waals surface area contributed by atoms with Gasteiger partial charge in [0, 0.05) is 10.8 Å². The Hall–Kier alpha value is -4.08. The topological polar surface area (TPSA) is 134 Å². The Morgan fingerprint density at radius 2 is 0.905 bits per heavy atom. The fourth-order valence-electron chi connectivity index (χ4n) is 5.54. The van der Waals surface area contributed by atoms with Crippen molar-refractivity contribution in [3.63, 3.8) is 0 Å². The Morgan fingerprint density at radius 3 is 1.17 bits per heavy atom. The maximum atomic E-state index is 12.5. The van der Waals surface area contributed by atoms with Crippen LogP contribution in [0.25, 0.3) is 0 Å². The molecule has 0 spiro atoms. The van der Waals surface area contributed by atoms with Crippen LogP contribution in [0.15, 0.2) is 48.5 Å². The summed E-state index contributed by atoms with van der Waals surface area (Å²) in [5.74, 6) is -2.08. The molecule has 0 saturated carbocycles.